The minimum absolute atomic E-state index is 0.0157. The third-order valence-electron chi connectivity index (χ3n) is 4.11. The zero-order valence-corrected chi connectivity index (χ0v) is 17.1. The molecule has 144 valence electrons. The number of halogens is 1. The molecule has 1 amide bonds. The van der Waals surface area contributed by atoms with Crippen molar-refractivity contribution in [1.29, 1.82) is 0 Å². The number of ether oxygens (including phenoxy) is 2. The summed E-state index contributed by atoms with van der Waals surface area (Å²) < 4.78 is 12.0. The molecular weight excluding hydrogens is 420 g/mol. The van der Waals surface area contributed by atoms with Crippen LogP contribution in [0.15, 0.2) is 71.3 Å². The smallest absolute Gasteiger partial charge is 0.220 e. The van der Waals surface area contributed by atoms with Gasteiger partial charge in [0.15, 0.2) is 0 Å². The van der Waals surface area contributed by atoms with Gasteiger partial charge in [0.25, 0.3) is 0 Å². The molecular formula is C22H21BrN2O3. The summed E-state index contributed by atoms with van der Waals surface area (Å²) >= 11 is 3.45. The normalized spacial score (nSPS) is 10.4. The van der Waals surface area contributed by atoms with Crippen LogP contribution in [0.1, 0.15) is 17.5 Å². The Balaban J connectivity index is 1.52. The van der Waals surface area contributed by atoms with Crippen molar-refractivity contribution in [3.63, 3.8) is 0 Å². The Kier molecular flexibility index (Phi) is 7.03. The molecule has 1 aromatic heterocycles. The van der Waals surface area contributed by atoms with E-state index in [4.69, 9.17) is 9.47 Å². The molecule has 5 nitrogen and oxygen atoms in total. The van der Waals surface area contributed by atoms with Crippen LogP contribution in [0.3, 0.4) is 0 Å². The highest BCUT2D eigenvalue weighted by Gasteiger charge is 2.08. The maximum absolute atomic E-state index is 12.2. The SMILES string of the molecule is COc1ccc(Br)cc1CCC(=O)NCc1cccc(Oc2ccccn2)c1. The van der Waals surface area contributed by atoms with Crippen molar-refractivity contribution in [3.05, 3.63) is 82.5 Å². The number of hydrogen-bond donors (Lipinski definition) is 1. The third-order valence-corrected chi connectivity index (χ3v) is 4.61. The van der Waals surface area contributed by atoms with Crippen molar-refractivity contribution in [2.45, 2.75) is 19.4 Å². The Bertz CT molecular complexity index is 932. The number of aryl methyl sites for hydroxylation is 1. The number of aromatic nitrogens is 1. The van der Waals surface area contributed by atoms with E-state index in [0.29, 0.717) is 31.0 Å². The van der Waals surface area contributed by atoms with Gasteiger partial charge < -0.3 is 14.8 Å². The molecule has 0 atom stereocenters. The fraction of sp³-hybridized carbons (Fsp3) is 0.182. The molecule has 0 radical (unpaired) electrons. The second kappa shape index (κ2) is 9.90. The van der Waals surface area contributed by atoms with E-state index < -0.39 is 0 Å². The van der Waals surface area contributed by atoms with Crippen molar-refractivity contribution in [1.82, 2.24) is 10.3 Å². The molecule has 3 aromatic rings. The largest absolute Gasteiger partial charge is 0.496 e. The van der Waals surface area contributed by atoms with E-state index in [1.165, 1.54) is 0 Å². The van der Waals surface area contributed by atoms with E-state index in [-0.39, 0.29) is 5.91 Å². The van der Waals surface area contributed by atoms with Crippen LogP contribution < -0.4 is 14.8 Å². The van der Waals surface area contributed by atoms with Crippen molar-refractivity contribution >= 4 is 21.8 Å². The van der Waals surface area contributed by atoms with Crippen LogP contribution in [0.4, 0.5) is 0 Å². The van der Waals surface area contributed by atoms with Crippen LogP contribution in [0.2, 0.25) is 0 Å². The zero-order chi connectivity index (χ0) is 19.8. The number of hydrogen-bond acceptors (Lipinski definition) is 4. The Morgan fingerprint density at radius 2 is 2.00 bits per heavy atom. The quantitative estimate of drug-likeness (QED) is 0.541. The summed E-state index contributed by atoms with van der Waals surface area (Å²) in [4.78, 5) is 16.4. The van der Waals surface area contributed by atoms with E-state index in [9.17, 15) is 4.79 Å². The second-order valence-corrected chi connectivity index (χ2v) is 7.07. The third kappa shape index (κ3) is 5.82. The molecule has 3 rings (SSSR count). The molecule has 0 unspecified atom stereocenters. The summed E-state index contributed by atoms with van der Waals surface area (Å²) in [6.07, 6.45) is 2.67. The van der Waals surface area contributed by atoms with Crippen LogP contribution in [0.5, 0.6) is 17.4 Å². The Hall–Kier alpha value is -2.86. The van der Waals surface area contributed by atoms with Crippen LogP contribution >= 0.6 is 15.9 Å². The van der Waals surface area contributed by atoms with Gasteiger partial charge >= 0.3 is 0 Å². The lowest BCUT2D eigenvalue weighted by molar-refractivity contribution is -0.121. The molecule has 0 spiro atoms. The fourth-order valence-electron chi connectivity index (χ4n) is 2.73. The van der Waals surface area contributed by atoms with Crippen molar-refractivity contribution in [2.24, 2.45) is 0 Å². The van der Waals surface area contributed by atoms with E-state index in [0.717, 1.165) is 21.3 Å². The summed E-state index contributed by atoms with van der Waals surface area (Å²) in [6, 6.07) is 18.9. The van der Waals surface area contributed by atoms with Crippen molar-refractivity contribution in [3.8, 4) is 17.4 Å². The van der Waals surface area contributed by atoms with Gasteiger partial charge in [-0.05, 0) is 53.9 Å². The molecule has 0 fully saturated rings. The summed E-state index contributed by atoms with van der Waals surface area (Å²) in [6.45, 7) is 0.438. The first-order chi connectivity index (χ1) is 13.6. The lowest BCUT2D eigenvalue weighted by Crippen LogP contribution is -2.23. The molecule has 0 aliphatic rings. The molecule has 0 aliphatic carbocycles. The highest BCUT2D eigenvalue weighted by atomic mass is 79.9. The first-order valence-corrected chi connectivity index (χ1v) is 9.70. The van der Waals surface area contributed by atoms with Gasteiger partial charge in [-0.1, -0.05) is 34.1 Å². The molecule has 0 aliphatic heterocycles. The molecule has 6 heteroatoms. The van der Waals surface area contributed by atoms with Crippen LogP contribution in [0, 0.1) is 0 Å². The minimum Gasteiger partial charge on any atom is -0.496 e. The van der Waals surface area contributed by atoms with Gasteiger partial charge in [0.05, 0.1) is 7.11 Å². The van der Waals surface area contributed by atoms with E-state index in [2.05, 4.69) is 26.2 Å². The monoisotopic (exact) mass is 440 g/mol. The zero-order valence-electron chi connectivity index (χ0n) is 15.5. The van der Waals surface area contributed by atoms with Gasteiger partial charge in [-0.2, -0.15) is 0 Å². The number of benzene rings is 2. The standard InChI is InChI=1S/C22H21BrN2O3/c1-27-20-10-9-18(23)14-17(20)8-11-21(26)25-15-16-5-4-6-19(13-16)28-22-7-2-3-12-24-22/h2-7,9-10,12-14H,8,11,15H2,1H3,(H,25,26). The number of rotatable bonds is 8. The highest BCUT2D eigenvalue weighted by Crippen LogP contribution is 2.24. The Labute approximate surface area is 172 Å². The van der Waals surface area contributed by atoms with Crippen LogP contribution in [0.25, 0.3) is 0 Å². The topological polar surface area (TPSA) is 60.5 Å². The van der Waals surface area contributed by atoms with Crippen molar-refractivity contribution < 1.29 is 14.3 Å². The number of carbonyl (C=O) groups excluding carboxylic acids is 1. The molecule has 1 heterocycles. The molecule has 2 aromatic carbocycles. The van der Waals surface area contributed by atoms with E-state index in [1.54, 1.807) is 19.4 Å². The summed E-state index contributed by atoms with van der Waals surface area (Å²) in [7, 11) is 1.63. The summed E-state index contributed by atoms with van der Waals surface area (Å²) in [5.74, 6) is 1.99. The maximum atomic E-state index is 12.2. The lowest BCUT2D eigenvalue weighted by atomic mass is 10.1. The van der Waals surface area contributed by atoms with Gasteiger partial charge in [-0.25, -0.2) is 4.98 Å². The number of pyridine rings is 1. The molecule has 0 saturated heterocycles. The predicted octanol–water partition coefficient (Wildman–Crippen LogP) is 4.89. The van der Waals surface area contributed by atoms with E-state index >= 15 is 0 Å². The molecule has 0 saturated carbocycles. The number of nitrogens with zero attached hydrogens (tertiary/aromatic N) is 1. The molecule has 1 N–H and O–H groups in total. The summed E-state index contributed by atoms with van der Waals surface area (Å²) in [5.41, 5.74) is 1.96. The minimum atomic E-state index is -0.0157. The fourth-order valence-corrected chi connectivity index (χ4v) is 3.14. The van der Waals surface area contributed by atoms with Crippen LogP contribution in [-0.4, -0.2) is 18.0 Å². The van der Waals surface area contributed by atoms with Gasteiger partial charge in [-0.15, -0.1) is 0 Å². The van der Waals surface area contributed by atoms with Gasteiger partial charge in [-0.3, -0.25) is 4.79 Å². The predicted molar refractivity (Wildman–Crippen MR) is 112 cm³/mol. The van der Waals surface area contributed by atoms with Crippen molar-refractivity contribution in [2.75, 3.05) is 7.11 Å². The maximum Gasteiger partial charge on any atom is 0.220 e. The van der Waals surface area contributed by atoms with E-state index in [1.807, 2.05) is 54.6 Å². The van der Waals surface area contributed by atoms with Gasteiger partial charge in [0.1, 0.15) is 11.5 Å². The first-order valence-electron chi connectivity index (χ1n) is 8.91. The summed E-state index contributed by atoms with van der Waals surface area (Å²) in [5, 5.41) is 2.95. The average molecular weight is 441 g/mol. The van der Waals surface area contributed by atoms with Gasteiger partial charge in [0.2, 0.25) is 11.8 Å². The Morgan fingerprint density at radius 3 is 2.79 bits per heavy atom. The highest BCUT2D eigenvalue weighted by molar-refractivity contribution is 9.10. The first kappa shape index (κ1) is 19.9. The second-order valence-electron chi connectivity index (χ2n) is 6.15. The lowest BCUT2D eigenvalue weighted by Gasteiger charge is -2.10. The number of nitrogens with one attached hydrogen (secondary N) is 1. The van der Waals surface area contributed by atoms with Crippen LogP contribution in [-0.2, 0) is 17.8 Å². The molecule has 28 heavy (non-hydrogen) atoms. The number of carbonyl (C=O) groups is 1. The Morgan fingerprint density at radius 1 is 1.11 bits per heavy atom. The average Bonchev–Trinajstić information content (AvgIpc) is 2.72. The van der Waals surface area contributed by atoms with Gasteiger partial charge in [0, 0.05) is 29.7 Å². The molecule has 0 bridgehead atoms. The number of methoxy groups -OCH3 is 1. The number of amides is 1.